The lowest BCUT2D eigenvalue weighted by Crippen LogP contribution is -2.08. The van der Waals surface area contributed by atoms with E-state index < -0.39 is 0 Å². The predicted molar refractivity (Wildman–Crippen MR) is 102 cm³/mol. The number of nitrogens with one attached hydrogen (secondary N) is 2. The Morgan fingerprint density at radius 2 is 1.71 bits per heavy atom. The van der Waals surface area contributed by atoms with E-state index in [1.54, 1.807) is 0 Å². The zero-order chi connectivity index (χ0) is 16.9. The summed E-state index contributed by atoms with van der Waals surface area (Å²) in [4.78, 5) is 11.3. The van der Waals surface area contributed by atoms with Crippen molar-refractivity contribution in [3.8, 4) is 0 Å². The minimum atomic E-state index is 0.602. The van der Waals surface area contributed by atoms with Crippen LogP contribution in [0.2, 0.25) is 0 Å². The summed E-state index contributed by atoms with van der Waals surface area (Å²) in [5.41, 5.74) is 3.06. The van der Waals surface area contributed by atoms with Gasteiger partial charge in [-0.3, -0.25) is 0 Å². The second-order valence-corrected chi connectivity index (χ2v) is 5.91. The van der Waals surface area contributed by atoms with Crippen molar-refractivity contribution < 1.29 is 0 Å². The molecule has 0 saturated carbocycles. The Balaban J connectivity index is 1.91. The molecule has 1 aromatic heterocycles. The molecule has 0 radical (unpaired) electrons. The Hall–Kier alpha value is -2.82. The van der Waals surface area contributed by atoms with Gasteiger partial charge in [-0.05, 0) is 42.8 Å². The molecule has 0 saturated heterocycles. The van der Waals surface area contributed by atoms with Crippen LogP contribution in [0.3, 0.4) is 0 Å². The van der Waals surface area contributed by atoms with Crippen LogP contribution in [-0.4, -0.2) is 30.6 Å². The lowest BCUT2D eigenvalue weighted by Gasteiger charge is -2.14. The monoisotopic (exact) mass is 321 g/mol. The van der Waals surface area contributed by atoms with Gasteiger partial charge in [-0.25, -0.2) is 4.98 Å². The van der Waals surface area contributed by atoms with E-state index in [1.165, 1.54) is 0 Å². The van der Waals surface area contributed by atoms with E-state index in [9.17, 15) is 0 Å². The van der Waals surface area contributed by atoms with Gasteiger partial charge in [0.05, 0.1) is 5.52 Å². The summed E-state index contributed by atoms with van der Waals surface area (Å²) in [5.74, 6) is 1.47. The van der Waals surface area contributed by atoms with Gasteiger partial charge in [0, 0.05) is 37.4 Å². The molecule has 5 nitrogen and oxygen atoms in total. The Bertz CT molecular complexity index is 812. The molecule has 24 heavy (non-hydrogen) atoms. The molecule has 0 aliphatic carbocycles. The predicted octanol–water partition coefficient (Wildman–Crippen LogP) is 4.26. The first-order valence-corrected chi connectivity index (χ1v) is 8.22. The minimum Gasteiger partial charge on any atom is -0.378 e. The van der Waals surface area contributed by atoms with E-state index in [-0.39, 0.29) is 0 Å². The van der Waals surface area contributed by atoms with Crippen LogP contribution in [0.5, 0.6) is 0 Å². The SMILES string of the molecule is CCCNc1nc(Nc2ccc(N(C)C)cc2)nc2ccccc12. The Morgan fingerprint density at radius 1 is 0.958 bits per heavy atom. The van der Waals surface area contributed by atoms with Gasteiger partial charge >= 0.3 is 0 Å². The van der Waals surface area contributed by atoms with Gasteiger partial charge < -0.3 is 15.5 Å². The highest BCUT2D eigenvalue weighted by atomic mass is 15.1. The fourth-order valence-corrected chi connectivity index (χ4v) is 2.48. The molecule has 0 aliphatic rings. The fourth-order valence-electron chi connectivity index (χ4n) is 2.48. The Kier molecular flexibility index (Phi) is 4.79. The van der Waals surface area contributed by atoms with Crippen LogP contribution in [-0.2, 0) is 0 Å². The number of benzene rings is 2. The molecule has 2 aromatic carbocycles. The number of para-hydroxylation sites is 1. The smallest absolute Gasteiger partial charge is 0.229 e. The molecule has 0 amide bonds. The summed E-state index contributed by atoms with van der Waals surface area (Å²) in [5, 5.41) is 7.73. The van der Waals surface area contributed by atoms with Gasteiger partial charge in [-0.15, -0.1) is 0 Å². The topological polar surface area (TPSA) is 53.1 Å². The van der Waals surface area contributed by atoms with Crippen molar-refractivity contribution in [2.24, 2.45) is 0 Å². The van der Waals surface area contributed by atoms with Crippen LogP contribution in [0.15, 0.2) is 48.5 Å². The quantitative estimate of drug-likeness (QED) is 0.710. The molecule has 0 fully saturated rings. The van der Waals surface area contributed by atoms with Crippen molar-refractivity contribution in [3.63, 3.8) is 0 Å². The van der Waals surface area contributed by atoms with E-state index in [1.807, 2.05) is 50.5 Å². The highest BCUT2D eigenvalue weighted by Crippen LogP contribution is 2.24. The average Bonchev–Trinajstić information content (AvgIpc) is 2.60. The summed E-state index contributed by atoms with van der Waals surface area (Å²) >= 11 is 0. The van der Waals surface area contributed by atoms with E-state index in [0.29, 0.717) is 5.95 Å². The Morgan fingerprint density at radius 3 is 2.42 bits per heavy atom. The molecular formula is C19H23N5. The maximum atomic E-state index is 4.65. The molecule has 3 aromatic rings. The summed E-state index contributed by atoms with van der Waals surface area (Å²) < 4.78 is 0. The lowest BCUT2D eigenvalue weighted by molar-refractivity contribution is 0.970. The standard InChI is InChI=1S/C19H23N5/c1-4-13-20-18-16-7-5-6-8-17(16)22-19(23-18)21-14-9-11-15(12-10-14)24(2)3/h5-12H,4,13H2,1-3H3,(H2,20,21,22,23). The molecule has 0 bridgehead atoms. The van der Waals surface area contributed by atoms with Gasteiger partial charge in [0.25, 0.3) is 0 Å². The summed E-state index contributed by atoms with van der Waals surface area (Å²) in [6.45, 7) is 3.03. The zero-order valence-electron chi connectivity index (χ0n) is 14.4. The number of rotatable bonds is 6. The third-order valence-electron chi connectivity index (χ3n) is 3.79. The number of nitrogens with zero attached hydrogens (tertiary/aromatic N) is 3. The number of hydrogen-bond acceptors (Lipinski definition) is 5. The highest BCUT2D eigenvalue weighted by molar-refractivity contribution is 5.90. The first-order chi connectivity index (χ1) is 11.7. The molecule has 0 aliphatic heterocycles. The molecule has 124 valence electrons. The third-order valence-corrected chi connectivity index (χ3v) is 3.79. The summed E-state index contributed by atoms with van der Waals surface area (Å²) in [6.07, 6.45) is 1.05. The highest BCUT2D eigenvalue weighted by Gasteiger charge is 2.07. The second-order valence-electron chi connectivity index (χ2n) is 5.91. The van der Waals surface area contributed by atoms with Crippen LogP contribution in [0, 0.1) is 0 Å². The van der Waals surface area contributed by atoms with Gasteiger partial charge in [-0.2, -0.15) is 4.98 Å². The van der Waals surface area contributed by atoms with Crippen LogP contribution < -0.4 is 15.5 Å². The molecule has 1 heterocycles. The first-order valence-electron chi connectivity index (χ1n) is 8.22. The maximum Gasteiger partial charge on any atom is 0.229 e. The molecule has 3 rings (SSSR count). The zero-order valence-corrected chi connectivity index (χ0v) is 14.4. The number of fused-ring (bicyclic) bond motifs is 1. The lowest BCUT2D eigenvalue weighted by atomic mass is 10.2. The second kappa shape index (κ2) is 7.17. The van der Waals surface area contributed by atoms with Crippen molar-refractivity contribution in [3.05, 3.63) is 48.5 Å². The van der Waals surface area contributed by atoms with Gasteiger partial charge in [-0.1, -0.05) is 19.1 Å². The van der Waals surface area contributed by atoms with Crippen LogP contribution in [0.1, 0.15) is 13.3 Å². The van der Waals surface area contributed by atoms with Crippen LogP contribution in [0.25, 0.3) is 10.9 Å². The van der Waals surface area contributed by atoms with Crippen molar-refractivity contribution in [1.29, 1.82) is 0 Å². The normalized spacial score (nSPS) is 10.6. The van der Waals surface area contributed by atoms with Crippen molar-refractivity contribution in [2.45, 2.75) is 13.3 Å². The Labute approximate surface area is 142 Å². The fraction of sp³-hybridized carbons (Fsp3) is 0.263. The molecule has 0 spiro atoms. The number of hydrogen-bond donors (Lipinski definition) is 2. The summed E-state index contributed by atoms with van der Waals surface area (Å²) in [6, 6.07) is 16.3. The van der Waals surface area contributed by atoms with Crippen LogP contribution in [0.4, 0.5) is 23.1 Å². The molecule has 5 heteroatoms. The largest absolute Gasteiger partial charge is 0.378 e. The molecule has 2 N–H and O–H groups in total. The third kappa shape index (κ3) is 3.56. The molecule has 0 unspecified atom stereocenters. The van der Waals surface area contributed by atoms with Crippen molar-refractivity contribution in [1.82, 2.24) is 9.97 Å². The maximum absolute atomic E-state index is 4.65. The molecule has 0 atom stereocenters. The minimum absolute atomic E-state index is 0.602. The molecular weight excluding hydrogens is 298 g/mol. The van der Waals surface area contributed by atoms with Gasteiger partial charge in [0.2, 0.25) is 5.95 Å². The van der Waals surface area contributed by atoms with Gasteiger partial charge in [0.1, 0.15) is 5.82 Å². The van der Waals surface area contributed by atoms with E-state index in [0.717, 1.165) is 41.1 Å². The number of aromatic nitrogens is 2. The number of anilines is 4. The van der Waals surface area contributed by atoms with E-state index in [4.69, 9.17) is 0 Å². The first kappa shape index (κ1) is 16.1. The van der Waals surface area contributed by atoms with Crippen LogP contribution >= 0.6 is 0 Å². The van der Waals surface area contributed by atoms with E-state index >= 15 is 0 Å². The van der Waals surface area contributed by atoms with Gasteiger partial charge in [0.15, 0.2) is 0 Å². The average molecular weight is 321 g/mol. The summed E-state index contributed by atoms with van der Waals surface area (Å²) in [7, 11) is 4.06. The van der Waals surface area contributed by atoms with Crippen molar-refractivity contribution >= 4 is 34.0 Å². The van der Waals surface area contributed by atoms with E-state index in [2.05, 4.69) is 44.6 Å². The van der Waals surface area contributed by atoms with Crippen molar-refractivity contribution in [2.75, 3.05) is 36.2 Å².